The Hall–Kier alpha value is -0.913. The van der Waals surface area contributed by atoms with Crippen LogP contribution in [0.3, 0.4) is 0 Å². The average Bonchev–Trinajstić information content (AvgIpc) is 3.15. The van der Waals surface area contributed by atoms with Gasteiger partial charge in [-0.25, -0.2) is 4.79 Å². The van der Waals surface area contributed by atoms with Gasteiger partial charge < -0.3 is 14.3 Å². The molecule has 4 nitrogen and oxygen atoms in total. The van der Waals surface area contributed by atoms with E-state index >= 15 is 0 Å². The van der Waals surface area contributed by atoms with Gasteiger partial charge in [0.1, 0.15) is 0 Å². The van der Waals surface area contributed by atoms with Crippen molar-refractivity contribution in [3.8, 4) is 0 Å². The van der Waals surface area contributed by atoms with Crippen molar-refractivity contribution >= 4 is 14.3 Å². The summed E-state index contributed by atoms with van der Waals surface area (Å²) in [6.45, 7) is 17.9. The molecule has 0 amide bonds. The Kier molecular flexibility index (Phi) is 13.1. The molecule has 0 aromatic rings. The standard InChI is InChI=1S/C27H50O4Si/c1-9-30-27(29)19-18-26(31-32(20(2)3,21(4)5)22(6)7)25-17-13-16-24(25)15-12-10-11-14-23(8)28/h12,15,18-26,28H,9-11,13-14,16-17H2,1-8H3/b15-12+,19-18+/t23-,24-,25-,26-/m0/s1. The first-order chi connectivity index (χ1) is 15.1. The molecule has 0 radical (unpaired) electrons. The molecule has 1 fully saturated rings. The number of ether oxygens (including phenoxy) is 1. The fraction of sp³-hybridized carbons (Fsp3) is 0.815. The lowest BCUT2D eigenvalue weighted by atomic mass is 9.89. The predicted molar refractivity (Wildman–Crippen MR) is 137 cm³/mol. The van der Waals surface area contributed by atoms with E-state index in [0.29, 0.717) is 35.1 Å². The van der Waals surface area contributed by atoms with Gasteiger partial charge in [-0.1, -0.05) is 60.1 Å². The van der Waals surface area contributed by atoms with Crippen molar-refractivity contribution in [3.63, 3.8) is 0 Å². The van der Waals surface area contributed by atoms with Gasteiger partial charge in [-0.15, -0.1) is 0 Å². The number of aliphatic hydroxyl groups excluding tert-OH is 1. The molecule has 1 N–H and O–H groups in total. The Morgan fingerprint density at radius 2 is 1.69 bits per heavy atom. The molecule has 0 saturated heterocycles. The van der Waals surface area contributed by atoms with E-state index in [-0.39, 0.29) is 18.2 Å². The second-order valence-electron chi connectivity index (χ2n) is 10.5. The van der Waals surface area contributed by atoms with Gasteiger partial charge in [-0.05, 0) is 80.5 Å². The van der Waals surface area contributed by atoms with Crippen LogP contribution < -0.4 is 0 Å². The van der Waals surface area contributed by atoms with Crippen LogP contribution in [0.15, 0.2) is 24.3 Å². The summed E-state index contributed by atoms with van der Waals surface area (Å²) < 4.78 is 12.4. The zero-order valence-electron chi connectivity index (χ0n) is 22.0. The molecule has 0 aromatic carbocycles. The highest BCUT2D eigenvalue weighted by atomic mass is 28.4. The molecular formula is C27H50O4Si. The molecule has 0 spiro atoms. The van der Waals surface area contributed by atoms with E-state index in [9.17, 15) is 9.90 Å². The number of rotatable bonds is 14. The van der Waals surface area contributed by atoms with Crippen LogP contribution in [0.25, 0.3) is 0 Å². The average molecular weight is 467 g/mol. The van der Waals surface area contributed by atoms with Gasteiger partial charge in [0, 0.05) is 6.08 Å². The Morgan fingerprint density at radius 1 is 1.06 bits per heavy atom. The van der Waals surface area contributed by atoms with E-state index in [1.54, 1.807) is 6.08 Å². The molecule has 0 heterocycles. The summed E-state index contributed by atoms with van der Waals surface area (Å²) in [6.07, 6.45) is 14.3. The first-order valence-corrected chi connectivity index (χ1v) is 15.1. The van der Waals surface area contributed by atoms with Crippen molar-refractivity contribution in [1.82, 2.24) is 0 Å². The van der Waals surface area contributed by atoms with Crippen LogP contribution in [0.4, 0.5) is 0 Å². The fourth-order valence-electron chi connectivity index (χ4n) is 5.74. The molecule has 32 heavy (non-hydrogen) atoms. The highest BCUT2D eigenvalue weighted by Crippen LogP contribution is 2.46. The number of hydrogen-bond acceptors (Lipinski definition) is 4. The number of aliphatic hydroxyl groups is 1. The van der Waals surface area contributed by atoms with E-state index in [4.69, 9.17) is 9.16 Å². The summed E-state index contributed by atoms with van der Waals surface area (Å²) in [5, 5.41) is 9.48. The Morgan fingerprint density at radius 3 is 2.22 bits per heavy atom. The van der Waals surface area contributed by atoms with Gasteiger partial charge in [-0.3, -0.25) is 0 Å². The Balaban J connectivity index is 3.14. The van der Waals surface area contributed by atoms with E-state index in [2.05, 4.69) is 53.7 Å². The third-order valence-electron chi connectivity index (χ3n) is 7.18. The molecule has 1 saturated carbocycles. The molecule has 1 aliphatic rings. The van der Waals surface area contributed by atoms with E-state index in [1.165, 1.54) is 12.8 Å². The molecule has 0 aliphatic heterocycles. The SMILES string of the molecule is CCOC(=O)/C=C/[C@H](O[Si](C(C)C)(C(C)C)C(C)C)[C@H]1CCC[C@@H]1/C=C/CCC[C@H](C)O. The summed E-state index contributed by atoms with van der Waals surface area (Å²) in [6, 6.07) is 0. The number of allylic oxidation sites excluding steroid dienone is 2. The molecule has 1 aliphatic carbocycles. The fourth-order valence-corrected chi connectivity index (χ4v) is 11.3. The van der Waals surface area contributed by atoms with Crippen molar-refractivity contribution in [2.24, 2.45) is 11.8 Å². The van der Waals surface area contributed by atoms with Crippen molar-refractivity contribution < 1.29 is 19.1 Å². The largest absolute Gasteiger partial charge is 0.463 e. The normalized spacial score (nSPS) is 22.0. The van der Waals surface area contributed by atoms with Gasteiger partial charge in [0.15, 0.2) is 0 Å². The monoisotopic (exact) mass is 466 g/mol. The third kappa shape index (κ3) is 8.46. The zero-order valence-corrected chi connectivity index (χ0v) is 23.0. The van der Waals surface area contributed by atoms with Crippen LogP contribution in [0, 0.1) is 11.8 Å². The van der Waals surface area contributed by atoms with Crippen molar-refractivity contribution in [2.75, 3.05) is 6.61 Å². The van der Waals surface area contributed by atoms with E-state index < -0.39 is 8.32 Å². The Labute approximate surface area is 199 Å². The Bertz CT molecular complexity index is 573. The van der Waals surface area contributed by atoms with Gasteiger partial charge in [0.25, 0.3) is 0 Å². The minimum atomic E-state index is -2.09. The third-order valence-corrected chi connectivity index (χ3v) is 13.3. The van der Waals surface area contributed by atoms with Gasteiger partial charge in [0.05, 0.1) is 18.8 Å². The second-order valence-corrected chi connectivity index (χ2v) is 15.9. The maximum absolute atomic E-state index is 12.1. The van der Waals surface area contributed by atoms with Crippen LogP contribution in [0.5, 0.6) is 0 Å². The van der Waals surface area contributed by atoms with Crippen molar-refractivity contribution in [2.45, 2.75) is 123 Å². The number of hydrogen-bond donors (Lipinski definition) is 1. The number of carbonyl (C=O) groups is 1. The van der Waals surface area contributed by atoms with Crippen molar-refractivity contribution in [1.29, 1.82) is 0 Å². The topological polar surface area (TPSA) is 55.8 Å². The first kappa shape index (κ1) is 29.1. The van der Waals surface area contributed by atoms with Crippen LogP contribution in [-0.4, -0.2) is 38.2 Å². The summed E-state index contributed by atoms with van der Waals surface area (Å²) in [4.78, 5) is 12.1. The molecular weight excluding hydrogens is 416 g/mol. The molecule has 186 valence electrons. The maximum atomic E-state index is 12.1. The summed E-state index contributed by atoms with van der Waals surface area (Å²) >= 11 is 0. The second kappa shape index (κ2) is 14.4. The molecule has 0 bridgehead atoms. The molecule has 1 rings (SSSR count). The molecule has 5 heteroatoms. The summed E-state index contributed by atoms with van der Waals surface area (Å²) in [7, 11) is -2.09. The van der Waals surface area contributed by atoms with E-state index in [1.807, 2.05) is 19.9 Å². The van der Waals surface area contributed by atoms with Crippen LogP contribution in [-0.2, 0) is 14.0 Å². The number of carbonyl (C=O) groups excluding carboxylic acids is 1. The maximum Gasteiger partial charge on any atom is 0.330 e. The minimum Gasteiger partial charge on any atom is -0.463 e. The molecule has 0 aromatic heterocycles. The first-order valence-electron chi connectivity index (χ1n) is 12.9. The van der Waals surface area contributed by atoms with E-state index in [0.717, 1.165) is 25.7 Å². The van der Waals surface area contributed by atoms with Crippen LogP contribution in [0.2, 0.25) is 16.6 Å². The van der Waals surface area contributed by atoms with Crippen LogP contribution >= 0.6 is 0 Å². The zero-order chi connectivity index (χ0) is 24.3. The van der Waals surface area contributed by atoms with Gasteiger partial charge >= 0.3 is 5.97 Å². The lowest BCUT2D eigenvalue weighted by molar-refractivity contribution is -0.137. The summed E-state index contributed by atoms with van der Waals surface area (Å²) in [5.74, 6) is 0.573. The van der Waals surface area contributed by atoms with Crippen molar-refractivity contribution in [3.05, 3.63) is 24.3 Å². The van der Waals surface area contributed by atoms with Crippen LogP contribution in [0.1, 0.15) is 93.9 Å². The minimum absolute atomic E-state index is 0.0621. The molecule has 0 unspecified atom stereocenters. The summed E-state index contributed by atoms with van der Waals surface area (Å²) in [5.41, 5.74) is 1.49. The smallest absolute Gasteiger partial charge is 0.330 e. The van der Waals surface area contributed by atoms with Gasteiger partial charge in [-0.2, -0.15) is 0 Å². The highest BCUT2D eigenvalue weighted by Gasteiger charge is 2.48. The lowest BCUT2D eigenvalue weighted by Crippen LogP contribution is -2.51. The molecule has 4 atom stereocenters. The number of unbranched alkanes of at least 4 members (excludes halogenated alkanes) is 1. The van der Waals surface area contributed by atoms with Gasteiger partial charge in [0.2, 0.25) is 8.32 Å². The lowest BCUT2D eigenvalue weighted by Gasteiger charge is -2.45. The quantitative estimate of drug-likeness (QED) is 0.0967. The highest BCUT2D eigenvalue weighted by molar-refractivity contribution is 6.77. The number of esters is 1. The predicted octanol–water partition coefficient (Wildman–Crippen LogP) is 7.19.